The van der Waals surface area contributed by atoms with Crippen molar-refractivity contribution in [2.45, 2.75) is 39.2 Å². The number of fused-ring (bicyclic) bond motifs is 1. The fourth-order valence-electron chi connectivity index (χ4n) is 3.13. The summed E-state index contributed by atoms with van der Waals surface area (Å²) < 4.78 is 0. The standard InChI is InChI=1S/C22H28N4O2/c1-22(2,3)16-7-5-15(6-8-16)14-26(4)12-11-20(27)23-17-9-10-18-19(13-17)25-21(28)24-18/h5-10,13H,11-12,14H2,1-4H3,(H,23,27)(H2,24,25,28). The van der Waals surface area contributed by atoms with E-state index in [1.165, 1.54) is 11.1 Å². The van der Waals surface area contributed by atoms with Crippen LogP contribution in [0.25, 0.3) is 11.0 Å². The van der Waals surface area contributed by atoms with Crippen LogP contribution in [0.1, 0.15) is 38.3 Å². The number of carbonyl (C=O) groups excluding carboxylic acids is 1. The number of hydrogen-bond donors (Lipinski definition) is 3. The van der Waals surface area contributed by atoms with Gasteiger partial charge in [0.1, 0.15) is 0 Å². The van der Waals surface area contributed by atoms with E-state index in [4.69, 9.17) is 0 Å². The molecule has 3 N–H and O–H groups in total. The third kappa shape index (κ3) is 5.10. The number of aromatic nitrogens is 2. The zero-order chi connectivity index (χ0) is 20.3. The van der Waals surface area contributed by atoms with Crippen LogP contribution in [-0.2, 0) is 16.8 Å². The molecule has 0 radical (unpaired) electrons. The molecule has 0 bridgehead atoms. The van der Waals surface area contributed by atoms with Crippen molar-refractivity contribution in [3.8, 4) is 0 Å². The van der Waals surface area contributed by atoms with Crippen LogP contribution >= 0.6 is 0 Å². The first-order valence-corrected chi connectivity index (χ1v) is 9.50. The van der Waals surface area contributed by atoms with Crippen molar-refractivity contribution >= 4 is 22.6 Å². The molecule has 0 atom stereocenters. The lowest BCUT2D eigenvalue weighted by atomic mass is 9.87. The smallest absolute Gasteiger partial charge is 0.323 e. The van der Waals surface area contributed by atoms with Crippen LogP contribution < -0.4 is 11.0 Å². The average Bonchev–Trinajstić information content (AvgIpc) is 2.99. The molecule has 1 heterocycles. The van der Waals surface area contributed by atoms with E-state index in [9.17, 15) is 9.59 Å². The maximum absolute atomic E-state index is 12.2. The Labute approximate surface area is 165 Å². The van der Waals surface area contributed by atoms with Crippen molar-refractivity contribution in [3.05, 3.63) is 64.1 Å². The summed E-state index contributed by atoms with van der Waals surface area (Å²) in [6.07, 6.45) is 0.401. The summed E-state index contributed by atoms with van der Waals surface area (Å²) in [7, 11) is 2.02. The molecule has 0 saturated heterocycles. The number of hydrogen-bond acceptors (Lipinski definition) is 3. The third-order valence-electron chi connectivity index (χ3n) is 4.79. The van der Waals surface area contributed by atoms with Gasteiger partial charge in [-0.1, -0.05) is 45.0 Å². The van der Waals surface area contributed by atoms with E-state index in [1.807, 2.05) is 7.05 Å². The Morgan fingerprint density at radius 3 is 2.39 bits per heavy atom. The van der Waals surface area contributed by atoms with E-state index >= 15 is 0 Å². The van der Waals surface area contributed by atoms with Gasteiger partial charge in [-0.05, 0) is 41.8 Å². The van der Waals surface area contributed by atoms with Gasteiger partial charge in [0.15, 0.2) is 0 Å². The van der Waals surface area contributed by atoms with Gasteiger partial charge >= 0.3 is 5.69 Å². The Balaban J connectivity index is 1.50. The van der Waals surface area contributed by atoms with Gasteiger partial charge in [0.25, 0.3) is 0 Å². The van der Waals surface area contributed by atoms with Crippen molar-refractivity contribution in [1.82, 2.24) is 14.9 Å². The third-order valence-corrected chi connectivity index (χ3v) is 4.79. The predicted molar refractivity (Wildman–Crippen MR) is 114 cm³/mol. The van der Waals surface area contributed by atoms with Crippen LogP contribution in [0, 0.1) is 0 Å². The lowest BCUT2D eigenvalue weighted by molar-refractivity contribution is -0.116. The summed E-state index contributed by atoms with van der Waals surface area (Å²) >= 11 is 0. The monoisotopic (exact) mass is 380 g/mol. The predicted octanol–water partition coefficient (Wildman–Crippen LogP) is 3.61. The van der Waals surface area contributed by atoms with Crippen molar-refractivity contribution in [2.75, 3.05) is 18.9 Å². The molecule has 0 unspecified atom stereocenters. The van der Waals surface area contributed by atoms with Gasteiger partial charge in [-0.3, -0.25) is 4.79 Å². The number of aromatic amines is 2. The number of H-pyrrole nitrogens is 2. The zero-order valence-corrected chi connectivity index (χ0v) is 16.9. The largest absolute Gasteiger partial charge is 0.326 e. The second kappa shape index (κ2) is 8.02. The maximum Gasteiger partial charge on any atom is 0.323 e. The Kier molecular flexibility index (Phi) is 5.70. The fourth-order valence-corrected chi connectivity index (χ4v) is 3.13. The molecule has 6 nitrogen and oxygen atoms in total. The first-order valence-electron chi connectivity index (χ1n) is 9.50. The lowest BCUT2D eigenvalue weighted by Gasteiger charge is -2.20. The second-order valence-electron chi connectivity index (χ2n) is 8.32. The minimum atomic E-state index is -0.254. The molecule has 0 aliphatic rings. The van der Waals surface area contributed by atoms with Crippen LogP contribution in [0.2, 0.25) is 0 Å². The number of rotatable bonds is 6. The van der Waals surface area contributed by atoms with Gasteiger partial charge in [-0.25, -0.2) is 4.79 Å². The number of imidazole rings is 1. The zero-order valence-electron chi connectivity index (χ0n) is 16.9. The summed E-state index contributed by atoms with van der Waals surface area (Å²) in [6.45, 7) is 8.08. The number of nitrogens with one attached hydrogen (secondary N) is 3. The highest BCUT2D eigenvalue weighted by molar-refractivity contribution is 5.93. The Hall–Kier alpha value is -2.86. The molecule has 6 heteroatoms. The van der Waals surface area contributed by atoms with Gasteiger partial charge in [-0.15, -0.1) is 0 Å². The molecule has 3 aromatic rings. The topological polar surface area (TPSA) is 81.0 Å². The minimum Gasteiger partial charge on any atom is -0.326 e. The second-order valence-corrected chi connectivity index (χ2v) is 8.32. The SMILES string of the molecule is CN(CCC(=O)Nc1ccc2[nH]c(=O)[nH]c2c1)Cc1ccc(C(C)(C)C)cc1. The number of anilines is 1. The van der Waals surface area contributed by atoms with Crippen LogP contribution in [0.4, 0.5) is 5.69 Å². The number of amides is 1. The molecule has 2 aromatic carbocycles. The van der Waals surface area contributed by atoms with Crippen molar-refractivity contribution in [1.29, 1.82) is 0 Å². The highest BCUT2D eigenvalue weighted by atomic mass is 16.1. The van der Waals surface area contributed by atoms with Crippen molar-refractivity contribution in [2.24, 2.45) is 0 Å². The Morgan fingerprint density at radius 2 is 1.71 bits per heavy atom. The van der Waals surface area contributed by atoms with E-state index < -0.39 is 0 Å². The Morgan fingerprint density at radius 1 is 1.04 bits per heavy atom. The Bertz CT molecular complexity index is 1010. The fraction of sp³-hybridized carbons (Fsp3) is 0.364. The molecule has 0 aliphatic carbocycles. The molecule has 28 heavy (non-hydrogen) atoms. The van der Waals surface area contributed by atoms with E-state index in [2.05, 4.69) is 65.2 Å². The summed E-state index contributed by atoms with van der Waals surface area (Å²) in [5.74, 6) is -0.0489. The quantitative estimate of drug-likeness (QED) is 0.611. The van der Waals surface area contributed by atoms with Gasteiger partial charge in [0.2, 0.25) is 5.91 Å². The molecule has 1 aromatic heterocycles. The molecule has 1 amide bonds. The van der Waals surface area contributed by atoms with E-state index in [0.717, 1.165) is 12.1 Å². The molecule has 3 rings (SSSR count). The lowest BCUT2D eigenvalue weighted by Crippen LogP contribution is -2.24. The van der Waals surface area contributed by atoms with Crippen molar-refractivity contribution in [3.63, 3.8) is 0 Å². The number of carbonyl (C=O) groups is 1. The summed E-state index contributed by atoms with van der Waals surface area (Å²) in [5.41, 5.74) is 4.53. The summed E-state index contributed by atoms with van der Waals surface area (Å²) in [5, 5.41) is 2.89. The molecule has 0 aliphatic heterocycles. The molecule has 0 spiro atoms. The molecular weight excluding hydrogens is 352 g/mol. The first-order chi connectivity index (χ1) is 13.2. The van der Waals surface area contributed by atoms with E-state index in [1.54, 1.807) is 18.2 Å². The first kappa shape index (κ1) is 19.9. The van der Waals surface area contributed by atoms with Crippen LogP contribution in [0.15, 0.2) is 47.3 Å². The highest BCUT2D eigenvalue weighted by Crippen LogP contribution is 2.22. The highest BCUT2D eigenvalue weighted by Gasteiger charge is 2.13. The van der Waals surface area contributed by atoms with Gasteiger partial charge < -0.3 is 20.2 Å². The maximum atomic E-state index is 12.2. The summed E-state index contributed by atoms with van der Waals surface area (Å²) in [4.78, 5) is 31.1. The van der Waals surface area contributed by atoms with Gasteiger partial charge in [-0.2, -0.15) is 0 Å². The number of benzene rings is 2. The van der Waals surface area contributed by atoms with E-state index in [-0.39, 0.29) is 17.0 Å². The van der Waals surface area contributed by atoms with Gasteiger partial charge in [0, 0.05) is 25.2 Å². The number of nitrogens with zero attached hydrogens (tertiary/aromatic N) is 1. The molecule has 148 valence electrons. The van der Waals surface area contributed by atoms with E-state index in [0.29, 0.717) is 24.2 Å². The van der Waals surface area contributed by atoms with Gasteiger partial charge in [0.05, 0.1) is 11.0 Å². The van der Waals surface area contributed by atoms with Crippen LogP contribution in [0.3, 0.4) is 0 Å². The van der Waals surface area contributed by atoms with Crippen LogP contribution in [-0.4, -0.2) is 34.4 Å². The average molecular weight is 380 g/mol. The van der Waals surface area contributed by atoms with Crippen molar-refractivity contribution < 1.29 is 4.79 Å². The van der Waals surface area contributed by atoms with Crippen LogP contribution in [0.5, 0.6) is 0 Å². The molecule has 0 saturated carbocycles. The minimum absolute atomic E-state index is 0.0489. The molecular formula is C22H28N4O2. The molecule has 0 fully saturated rings. The normalized spacial score (nSPS) is 11.9. The summed E-state index contributed by atoms with van der Waals surface area (Å²) in [6, 6.07) is 14.0.